The molecule has 3 heterocycles. The lowest BCUT2D eigenvalue weighted by atomic mass is 9.89. The van der Waals surface area contributed by atoms with Gasteiger partial charge in [-0.3, -0.25) is 4.79 Å². The summed E-state index contributed by atoms with van der Waals surface area (Å²) in [6.45, 7) is 4.48. The Morgan fingerprint density at radius 2 is 2.21 bits per heavy atom. The van der Waals surface area contributed by atoms with Gasteiger partial charge in [0.15, 0.2) is 6.29 Å². The van der Waals surface area contributed by atoms with Gasteiger partial charge in [-0.05, 0) is 48.9 Å². The molecule has 0 amide bonds. The van der Waals surface area contributed by atoms with E-state index in [9.17, 15) is 4.79 Å². The second-order valence-electron chi connectivity index (χ2n) is 7.69. The number of aldehydes is 1. The van der Waals surface area contributed by atoms with Crippen molar-refractivity contribution in [1.82, 2.24) is 5.32 Å². The summed E-state index contributed by atoms with van der Waals surface area (Å²) in [5.74, 6) is 1.10. The van der Waals surface area contributed by atoms with Crippen LogP contribution in [0.3, 0.4) is 0 Å². The van der Waals surface area contributed by atoms with Crippen LogP contribution < -0.4 is 20.3 Å². The van der Waals surface area contributed by atoms with Crippen LogP contribution in [0.2, 0.25) is 0 Å². The van der Waals surface area contributed by atoms with Gasteiger partial charge in [-0.2, -0.15) is 0 Å². The van der Waals surface area contributed by atoms with E-state index in [1.807, 2.05) is 18.2 Å². The van der Waals surface area contributed by atoms with Crippen LogP contribution in [-0.2, 0) is 11.3 Å². The number of nitrogens with one attached hydrogen (secondary N) is 2. The standard InChI is InChI=1S/C22H25N3O3/c1-27-21-3-2-16(8-14(21)12-26)24-17-9-15-13-28-7-6-25-20-4-5-23-11-19(20)18(10-17)22(15)25/h2-3,8-10,12,19-20,23-24H,4-7,11,13H2,1H3. The third kappa shape index (κ3) is 2.84. The number of methoxy groups -OCH3 is 1. The number of hydrogen-bond donors (Lipinski definition) is 2. The number of carbonyl (C=O) groups excluding carboxylic acids is 1. The topological polar surface area (TPSA) is 62.8 Å². The Labute approximate surface area is 164 Å². The summed E-state index contributed by atoms with van der Waals surface area (Å²) >= 11 is 0. The molecule has 0 bridgehead atoms. The van der Waals surface area contributed by atoms with E-state index in [-0.39, 0.29) is 0 Å². The quantitative estimate of drug-likeness (QED) is 0.797. The van der Waals surface area contributed by atoms with Crippen LogP contribution >= 0.6 is 0 Å². The third-order valence-electron chi connectivity index (χ3n) is 6.13. The molecule has 2 aromatic rings. The zero-order valence-electron chi connectivity index (χ0n) is 16.0. The smallest absolute Gasteiger partial charge is 0.153 e. The van der Waals surface area contributed by atoms with E-state index < -0.39 is 0 Å². The van der Waals surface area contributed by atoms with E-state index in [4.69, 9.17) is 9.47 Å². The summed E-state index contributed by atoms with van der Waals surface area (Å²) in [6, 6.07) is 10.6. The Balaban J connectivity index is 1.53. The molecular weight excluding hydrogens is 354 g/mol. The van der Waals surface area contributed by atoms with Crippen molar-refractivity contribution in [3.8, 4) is 5.75 Å². The minimum atomic E-state index is 0.517. The monoisotopic (exact) mass is 379 g/mol. The number of ether oxygens (including phenoxy) is 2. The average molecular weight is 379 g/mol. The summed E-state index contributed by atoms with van der Waals surface area (Å²) in [5.41, 5.74) is 6.48. The number of hydrogen-bond acceptors (Lipinski definition) is 6. The van der Waals surface area contributed by atoms with E-state index >= 15 is 0 Å². The van der Waals surface area contributed by atoms with Crippen molar-refractivity contribution < 1.29 is 14.3 Å². The molecule has 3 aliphatic heterocycles. The van der Waals surface area contributed by atoms with Crippen molar-refractivity contribution in [2.24, 2.45) is 0 Å². The maximum atomic E-state index is 11.3. The minimum absolute atomic E-state index is 0.517. The van der Waals surface area contributed by atoms with E-state index in [0.29, 0.717) is 29.9 Å². The van der Waals surface area contributed by atoms with Gasteiger partial charge >= 0.3 is 0 Å². The number of nitrogens with zero attached hydrogens (tertiary/aromatic N) is 1. The third-order valence-corrected chi connectivity index (χ3v) is 6.13. The summed E-state index contributed by atoms with van der Waals surface area (Å²) in [6.07, 6.45) is 1.99. The molecule has 6 nitrogen and oxygen atoms in total. The van der Waals surface area contributed by atoms with Crippen molar-refractivity contribution in [2.75, 3.05) is 43.6 Å². The summed E-state index contributed by atoms with van der Waals surface area (Å²) < 4.78 is 11.1. The maximum Gasteiger partial charge on any atom is 0.153 e. The molecule has 146 valence electrons. The molecule has 28 heavy (non-hydrogen) atoms. The molecule has 2 atom stereocenters. The van der Waals surface area contributed by atoms with E-state index in [1.54, 1.807) is 7.11 Å². The van der Waals surface area contributed by atoms with E-state index in [0.717, 1.165) is 43.9 Å². The fraction of sp³-hybridized carbons (Fsp3) is 0.409. The van der Waals surface area contributed by atoms with Gasteiger partial charge in [-0.15, -0.1) is 0 Å². The summed E-state index contributed by atoms with van der Waals surface area (Å²) in [4.78, 5) is 13.9. The van der Waals surface area contributed by atoms with Gasteiger partial charge in [-0.1, -0.05) is 0 Å². The Bertz CT molecular complexity index is 914. The molecule has 0 spiro atoms. The number of fused-ring (bicyclic) bond motifs is 3. The lowest BCUT2D eigenvalue weighted by Crippen LogP contribution is -2.44. The molecule has 1 saturated heterocycles. The molecule has 1 fully saturated rings. The van der Waals surface area contributed by atoms with E-state index in [1.165, 1.54) is 23.2 Å². The zero-order chi connectivity index (χ0) is 19.1. The van der Waals surface area contributed by atoms with E-state index in [2.05, 4.69) is 27.7 Å². The first-order valence-corrected chi connectivity index (χ1v) is 9.90. The molecular formula is C22H25N3O3. The van der Waals surface area contributed by atoms with Crippen molar-refractivity contribution in [2.45, 2.75) is 25.0 Å². The maximum absolute atomic E-state index is 11.3. The largest absolute Gasteiger partial charge is 0.496 e. The number of rotatable bonds is 4. The molecule has 2 unspecified atom stereocenters. The average Bonchev–Trinajstić information content (AvgIpc) is 2.89. The molecule has 2 N–H and O–H groups in total. The highest BCUT2D eigenvalue weighted by molar-refractivity contribution is 5.82. The summed E-state index contributed by atoms with van der Waals surface area (Å²) in [5, 5.41) is 7.04. The molecule has 0 aromatic heterocycles. The van der Waals surface area contributed by atoms with Crippen LogP contribution in [0.15, 0.2) is 30.3 Å². The van der Waals surface area contributed by atoms with Crippen LogP contribution in [0, 0.1) is 0 Å². The highest BCUT2D eigenvalue weighted by Gasteiger charge is 2.41. The molecule has 2 aromatic carbocycles. The van der Waals surface area contributed by atoms with Crippen LogP contribution in [0.25, 0.3) is 0 Å². The zero-order valence-corrected chi connectivity index (χ0v) is 16.0. The molecule has 6 heteroatoms. The fourth-order valence-corrected chi connectivity index (χ4v) is 4.93. The molecule has 0 radical (unpaired) electrons. The molecule has 5 rings (SSSR count). The van der Waals surface area contributed by atoms with Crippen LogP contribution in [-0.4, -0.2) is 45.7 Å². The van der Waals surface area contributed by atoms with Gasteiger partial charge in [0, 0.05) is 47.7 Å². The Morgan fingerprint density at radius 1 is 1.29 bits per heavy atom. The lowest BCUT2D eigenvalue weighted by molar-refractivity contribution is 0.112. The highest BCUT2D eigenvalue weighted by atomic mass is 16.5. The van der Waals surface area contributed by atoms with Crippen molar-refractivity contribution in [1.29, 1.82) is 0 Å². The number of benzene rings is 2. The fourth-order valence-electron chi connectivity index (χ4n) is 4.93. The summed E-state index contributed by atoms with van der Waals surface area (Å²) in [7, 11) is 1.57. The van der Waals surface area contributed by atoms with Gasteiger partial charge in [0.05, 0.1) is 25.9 Å². The normalized spacial score (nSPS) is 22.8. The first kappa shape index (κ1) is 17.5. The predicted octanol–water partition coefficient (Wildman–Crippen LogP) is 3.05. The van der Waals surface area contributed by atoms with Crippen LogP contribution in [0.1, 0.15) is 33.8 Å². The van der Waals surface area contributed by atoms with Crippen LogP contribution in [0.4, 0.5) is 17.1 Å². The van der Waals surface area contributed by atoms with Gasteiger partial charge in [0.1, 0.15) is 5.75 Å². The van der Waals surface area contributed by atoms with Gasteiger partial charge in [0.25, 0.3) is 0 Å². The van der Waals surface area contributed by atoms with Crippen molar-refractivity contribution in [3.63, 3.8) is 0 Å². The van der Waals surface area contributed by atoms with Crippen molar-refractivity contribution >= 4 is 23.3 Å². The first-order valence-electron chi connectivity index (χ1n) is 9.90. The van der Waals surface area contributed by atoms with Gasteiger partial charge in [-0.25, -0.2) is 0 Å². The van der Waals surface area contributed by atoms with Gasteiger partial charge in [0.2, 0.25) is 0 Å². The molecule has 3 aliphatic rings. The second-order valence-corrected chi connectivity index (χ2v) is 7.69. The number of carbonyl (C=O) groups is 1. The Morgan fingerprint density at radius 3 is 3.07 bits per heavy atom. The van der Waals surface area contributed by atoms with Gasteiger partial charge < -0.3 is 25.0 Å². The van der Waals surface area contributed by atoms with Crippen LogP contribution in [0.5, 0.6) is 5.75 Å². The molecule has 0 saturated carbocycles. The number of piperidine rings is 1. The highest BCUT2D eigenvalue weighted by Crippen LogP contribution is 2.47. The predicted molar refractivity (Wildman–Crippen MR) is 109 cm³/mol. The number of anilines is 3. The Kier molecular flexibility index (Phi) is 4.45. The Hall–Kier alpha value is -2.57. The molecule has 0 aliphatic carbocycles. The second kappa shape index (κ2) is 7.11. The SMILES string of the molecule is COc1ccc(Nc2cc3c4c(c2)C2CNCCC2N4CCOC3)cc1C=O. The first-order chi connectivity index (χ1) is 13.8. The lowest BCUT2D eigenvalue weighted by Gasteiger charge is -2.33. The van der Waals surface area contributed by atoms with Crippen molar-refractivity contribution in [3.05, 3.63) is 47.0 Å². The minimum Gasteiger partial charge on any atom is -0.496 e.